The smallest absolute Gasteiger partial charge is 0.408 e. The summed E-state index contributed by atoms with van der Waals surface area (Å²) in [4.78, 5) is 93.0. The van der Waals surface area contributed by atoms with Crippen molar-refractivity contribution in [3.05, 3.63) is 144 Å². The SMILES string of the molecule is CC(C)(C)OC(=O)NC(CC(=O)NC(CCC(=O)OCc1ccccc1)C(=O)OCc1ccccc1)C(=O)NC(CCC(=O)OCc1ccccc1)C(=O)OCc1ccccc1. The van der Waals surface area contributed by atoms with E-state index < -0.39 is 71.9 Å². The molecule has 15 heteroatoms. The molecular weight excluding hydrogens is 799 g/mol. The lowest BCUT2D eigenvalue weighted by atomic mass is 10.1. The summed E-state index contributed by atoms with van der Waals surface area (Å²) in [6, 6.07) is 31.1. The van der Waals surface area contributed by atoms with Crippen LogP contribution in [0, 0.1) is 0 Å². The molecule has 0 radical (unpaired) electrons. The minimum Gasteiger partial charge on any atom is -0.461 e. The second-order valence-corrected chi connectivity index (χ2v) is 15.1. The van der Waals surface area contributed by atoms with Crippen LogP contribution in [-0.2, 0) is 78.9 Å². The highest BCUT2D eigenvalue weighted by Gasteiger charge is 2.33. The lowest BCUT2D eigenvalue weighted by molar-refractivity contribution is -0.152. The van der Waals surface area contributed by atoms with Crippen LogP contribution in [0.3, 0.4) is 0 Å². The maximum Gasteiger partial charge on any atom is 0.408 e. The zero-order valence-electron chi connectivity index (χ0n) is 35.0. The van der Waals surface area contributed by atoms with Crippen LogP contribution < -0.4 is 16.0 Å². The van der Waals surface area contributed by atoms with Crippen LogP contribution in [-0.4, -0.2) is 65.5 Å². The predicted octanol–water partition coefficient (Wildman–Crippen LogP) is 5.77. The first-order valence-corrected chi connectivity index (χ1v) is 20.1. The van der Waals surface area contributed by atoms with Gasteiger partial charge in [0.25, 0.3) is 0 Å². The minimum absolute atomic E-state index is 0.00204. The number of amides is 3. The van der Waals surface area contributed by atoms with E-state index in [-0.39, 0.29) is 52.1 Å². The monoisotopic (exact) mass is 851 g/mol. The maximum absolute atomic E-state index is 14.0. The highest BCUT2D eigenvalue weighted by Crippen LogP contribution is 2.13. The van der Waals surface area contributed by atoms with Gasteiger partial charge in [-0.3, -0.25) is 19.2 Å². The Kier molecular flexibility index (Phi) is 19.1. The molecule has 4 aromatic carbocycles. The molecule has 0 fully saturated rings. The largest absolute Gasteiger partial charge is 0.461 e. The molecule has 4 rings (SSSR count). The average Bonchev–Trinajstić information content (AvgIpc) is 3.26. The van der Waals surface area contributed by atoms with Gasteiger partial charge in [0.1, 0.15) is 50.2 Å². The Morgan fingerprint density at radius 1 is 0.468 bits per heavy atom. The number of alkyl carbamates (subject to hydrolysis) is 1. The Balaban J connectivity index is 1.48. The number of benzene rings is 4. The van der Waals surface area contributed by atoms with Crippen LogP contribution in [0.2, 0.25) is 0 Å². The Morgan fingerprint density at radius 2 is 0.823 bits per heavy atom. The van der Waals surface area contributed by atoms with E-state index in [0.717, 1.165) is 11.1 Å². The van der Waals surface area contributed by atoms with Crippen molar-refractivity contribution in [3.63, 3.8) is 0 Å². The molecule has 0 aliphatic rings. The van der Waals surface area contributed by atoms with Crippen molar-refractivity contribution < 1.29 is 57.2 Å². The molecule has 0 aromatic heterocycles. The van der Waals surface area contributed by atoms with Crippen LogP contribution in [0.5, 0.6) is 0 Å². The van der Waals surface area contributed by atoms with E-state index in [9.17, 15) is 33.6 Å². The van der Waals surface area contributed by atoms with E-state index in [1.807, 2.05) is 12.1 Å². The van der Waals surface area contributed by atoms with Crippen LogP contribution in [0.4, 0.5) is 4.79 Å². The van der Waals surface area contributed by atoms with E-state index in [4.69, 9.17) is 23.7 Å². The predicted molar refractivity (Wildman–Crippen MR) is 225 cm³/mol. The molecule has 3 unspecified atom stereocenters. The Morgan fingerprint density at radius 3 is 1.19 bits per heavy atom. The highest BCUT2D eigenvalue weighted by atomic mass is 16.6. The maximum atomic E-state index is 14.0. The van der Waals surface area contributed by atoms with Gasteiger partial charge in [-0.05, 0) is 55.9 Å². The van der Waals surface area contributed by atoms with Crippen molar-refractivity contribution in [1.29, 1.82) is 0 Å². The summed E-state index contributed by atoms with van der Waals surface area (Å²) in [5, 5.41) is 7.41. The van der Waals surface area contributed by atoms with Crippen molar-refractivity contribution >= 4 is 41.8 Å². The van der Waals surface area contributed by atoms with E-state index >= 15 is 0 Å². The number of hydrogen-bond acceptors (Lipinski definition) is 12. The van der Waals surface area contributed by atoms with Gasteiger partial charge >= 0.3 is 30.0 Å². The first-order chi connectivity index (χ1) is 29.7. The summed E-state index contributed by atoms with van der Waals surface area (Å²) in [6.45, 7) is 4.51. The molecule has 0 aliphatic heterocycles. The third-order valence-corrected chi connectivity index (χ3v) is 8.83. The summed E-state index contributed by atoms with van der Waals surface area (Å²) in [5.74, 6) is -4.94. The number of hydrogen-bond donors (Lipinski definition) is 3. The molecule has 4 aromatic rings. The van der Waals surface area contributed by atoms with E-state index in [2.05, 4.69) is 16.0 Å². The summed E-state index contributed by atoms with van der Waals surface area (Å²) in [6.07, 6.45) is -2.87. The van der Waals surface area contributed by atoms with Crippen LogP contribution >= 0.6 is 0 Å². The van der Waals surface area contributed by atoms with Gasteiger partial charge in [0.2, 0.25) is 11.8 Å². The normalized spacial score (nSPS) is 12.3. The molecule has 3 N–H and O–H groups in total. The fraction of sp³-hybridized carbons (Fsp3) is 0.340. The topological polar surface area (TPSA) is 202 Å². The van der Waals surface area contributed by atoms with Crippen LogP contribution in [0.1, 0.15) is 75.1 Å². The molecule has 328 valence electrons. The van der Waals surface area contributed by atoms with Crippen LogP contribution in [0.15, 0.2) is 121 Å². The fourth-order valence-corrected chi connectivity index (χ4v) is 5.67. The zero-order chi connectivity index (χ0) is 44.7. The van der Waals surface area contributed by atoms with Crippen molar-refractivity contribution in [2.45, 2.75) is 103 Å². The third-order valence-electron chi connectivity index (χ3n) is 8.83. The third kappa shape index (κ3) is 18.5. The van der Waals surface area contributed by atoms with Gasteiger partial charge in [0, 0.05) is 12.8 Å². The second kappa shape index (κ2) is 24.9. The lowest BCUT2D eigenvalue weighted by Gasteiger charge is -2.25. The summed E-state index contributed by atoms with van der Waals surface area (Å²) in [5.41, 5.74) is 1.84. The molecular formula is C47H53N3O12. The highest BCUT2D eigenvalue weighted by molar-refractivity contribution is 5.94. The van der Waals surface area contributed by atoms with E-state index in [0.29, 0.717) is 11.1 Å². The number of esters is 4. The summed E-state index contributed by atoms with van der Waals surface area (Å²) >= 11 is 0. The molecule has 0 bridgehead atoms. The van der Waals surface area contributed by atoms with Gasteiger partial charge in [-0.2, -0.15) is 0 Å². The molecule has 0 heterocycles. The Bertz CT molecular complexity index is 2060. The quantitative estimate of drug-likeness (QED) is 0.0638. The second-order valence-electron chi connectivity index (χ2n) is 15.1. The number of carbonyl (C=O) groups is 7. The molecule has 0 saturated carbocycles. The standard InChI is InChI=1S/C47H53N3O12/c1-47(2,3)62-46(57)50-39(43(54)49-38(45(56)61-32-36-22-14-7-15-23-36)25-27-42(53)59-30-34-18-10-5-11-19-34)28-40(51)48-37(44(55)60-31-35-20-12-6-13-21-35)24-26-41(52)58-29-33-16-8-4-9-17-33/h4-23,37-39H,24-32H2,1-3H3,(H,48,51)(H,49,54)(H,50,57). The van der Waals surface area contributed by atoms with Gasteiger partial charge in [-0.1, -0.05) is 121 Å². The number of rotatable bonds is 22. The van der Waals surface area contributed by atoms with Crippen molar-refractivity contribution in [3.8, 4) is 0 Å². The van der Waals surface area contributed by atoms with Crippen molar-refractivity contribution in [1.82, 2.24) is 16.0 Å². The zero-order valence-corrected chi connectivity index (χ0v) is 35.0. The molecule has 3 amide bonds. The summed E-state index contributed by atoms with van der Waals surface area (Å²) < 4.78 is 27.1. The first-order valence-electron chi connectivity index (χ1n) is 20.1. The average molecular weight is 852 g/mol. The lowest BCUT2D eigenvalue weighted by Crippen LogP contribution is -2.54. The van der Waals surface area contributed by atoms with Gasteiger partial charge < -0.3 is 39.6 Å². The molecule has 3 atom stereocenters. The van der Waals surface area contributed by atoms with E-state index in [1.54, 1.807) is 130 Å². The van der Waals surface area contributed by atoms with Crippen LogP contribution in [0.25, 0.3) is 0 Å². The molecule has 0 spiro atoms. The van der Waals surface area contributed by atoms with Gasteiger partial charge in [0.05, 0.1) is 6.42 Å². The number of ether oxygens (including phenoxy) is 5. The summed E-state index contributed by atoms with van der Waals surface area (Å²) in [7, 11) is 0. The van der Waals surface area contributed by atoms with Gasteiger partial charge in [-0.25, -0.2) is 14.4 Å². The number of carbonyl (C=O) groups excluding carboxylic acids is 7. The number of nitrogens with one attached hydrogen (secondary N) is 3. The van der Waals surface area contributed by atoms with E-state index in [1.165, 1.54) is 0 Å². The molecule has 0 saturated heterocycles. The van der Waals surface area contributed by atoms with Gasteiger partial charge in [-0.15, -0.1) is 0 Å². The Labute approximate surface area is 360 Å². The fourth-order valence-electron chi connectivity index (χ4n) is 5.67. The molecule has 62 heavy (non-hydrogen) atoms. The van der Waals surface area contributed by atoms with Crippen molar-refractivity contribution in [2.75, 3.05) is 0 Å². The molecule has 15 nitrogen and oxygen atoms in total. The van der Waals surface area contributed by atoms with Crippen molar-refractivity contribution in [2.24, 2.45) is 0 Å². The first kappa shape index (κ1) is 47.6. The Hall–Kier alpha value is -7.03. The van der Waals surface area contributed by atoms with Gasteiger partial charge in [0.15, 0.2) is 0 Å². The molecule has 0 aliphatic carbocycles. The minimum atomic E-state index is -1.67.